The van der Waals surface area contributed by atoms with E-state index in [9.17, 15) is 14.9 Å². The van der Waals surface area contributed by atoms with Crippen LogP contribution in [0.5, 0.6) is 11.5 Å². The average Bonchev–Trinajstić information content (AvgIpc) is 3.27. The molecule has 3 rings (SSSR count). The molecule has 0 radical (unpaired) electrons. The number of hydrogen-bond acceptors (Lipinski definition) is 6. The van der Waals surface area contributed by atoms with Crippen LogP contribution < -0.4 is 9.47 Å². The summed E-state index contributed by atoms with van der Waals surface area (Å²) >= 11 is 4.67. The van der Waals surface area contributed by atoms with Crippen LogP contribution >= 0.6 is 12.6 Å². The number of benzene rings is 1. The zero-order valence-electron chi connectivity index (χ0n) is 15.9. The van der Waals surface area contributed by atoms with Gasteiger partial charge < -0.3 is 19.3 Å². The van der Waals surface area contributed by atoms with Gasteiger partial charge in [0.05, 0.1) is 18.0 Å². The molecule has 1 saturated heterocycles. The summed E-state index contributed by atoms with van der Waals surface area (Å²) in [7, 11) is 0. The lowest BCUT2D eigenvalue weighted by atomic mass is 9.94. The largest absolute Gasteiger partial charge is 0.454 e. The van der Waals surface area contributed by atoms with Gasteiger partial charge in [-0.1, -0.05) is 12.1 Å². The summed E-state index contributed by atoms with van der Waals surface area (Å²) in [6.45, 7) is 7.84. The van der Waals surface area contributed by atoms with Crippen molar-refractivity contribution in [3.8, 4) is 17.6 Å². The van der Waals surface area contributed by atoms with Crippen LogP contribution in [0, 0.1) is 17.2 Å². The summed E-state index contributed by atoms with van der Waals surface area (Å²) < 4.78 is 10.8. The number of likely N-dealkylation sites (N-methyl/N-ethyl adjacent to an activating group) is 1. The van der Waals surface area contributed by atoms with E-state index in [1.807, 2.05) is 6.92 Å². The number of nitrogens with zero attached hydrogens (tertiary/aromatic N) is 3. The van der Waals surface area contributed by atoms with Crippen molar-refractivity contribution < 1.29 is 19.1 Å². The summed E-state index contributed by atoms with van der Waals surface area (Å²) in [6.07, 6.45) is 1.76. The van der Waals surface area contributed by atoms with E-state index < -0.39 is 16.8 Å². The molecule has 0 saturated carbocycles. The fourth-order valence-electron chi connectivity index (χ4n) is 3.93. The lowest BCUT2D eigenvalue weighted by Gasteiger charge is -2.38. The highest BCUT2D eigenvalue weighted by Crippen LogP contribution is 2.50. The predicted octanol–water partition coefficient (Wildman–Crippen LogP) is 2.51. The van der Waals surface area contributed by atoms with Gasteiger partial charge >= 0.3 is 0 Å². The maximum absolute atomic E-state index is 13.3. The van der Waals surface area contributed by atoms with Crippen molar-refractivity contribution in [1.82, 2.24) is 9.80 Å². The van der Waals surface area contributed by atoms with Crippen LogP contribution in [0.3, 0.4) is 0 Å². The molecule has 2 aliphatic rings. The Hall–Kier alpha value is -2.66. The first-order valence-electron chi connectivity index (χ1n) is 9.09. The van der Waals surface area contributed by atoms with Crippen molar-refractivity contribution >= 4 is 24.4 Å². The van der Waals surface area contributed by atoms with Crippen molar-refractivity contribution in [3.05, 3.63) is 36.4 Å². The monoisotopic (exact) mass is 401 g/mol. The Morgan fingerprint density at radius 3 is 2.79 bits per heavy atom. The van der Waals surface area contributed by atoms with Gasteiger partial charge in [0.25, 0.3) is 5.91 Å². The summed E-state index contributed by atoms with van der Waals surface area (Å²) in [5, 5.41) is 9.78. The molecule has 0 aliphatic carbocycles. The second kappa shape index (κ2) is 7.76. The number of carbonyl (C=O) groups is 2. The predicted molar refractivity (Wildman–Crippen MR) is 106 cm³/mol. The number of carbonyl (C=O) groups excluding carboxylic acids is 2. The van der Waals surface area contributed by atoms with Gasteiger partial charge in [0.2, 0.25) is 12.7 Å². The van der Waals surface area contributed by atoms with Crippen molar-refractivity contribution in [3.63, 3.8) is 0 Å². The minimum Gasteiger partial charge on any atom is -0.454 e. The van der Waals surface area contributed by atoms with E-state index in [4.69, 9.17) is 9.47 Å². The fourth-order valence-corrected chi connectivity index (χ4v) is 4.54. The summed E-state index contributed by atoms with van der Waals surface area (Å²) in [5.41, 5.74) is 0.710. The topological polar surface area (TPSA) is 82.9 Å². The SMILES string of the molecule is C=CCN(CC)C(=O)C1(S)CC(C#N)C(c2ccc3c(c2)OCO3)N1C(C)=O. The number of likely N-dealkylation sites (tertiary alicyclic amines) is 1. The highest BCUT2D eigenvalue weighted by Gasteiger charge is 2.57. The Balaban J connectivity index is 2.05. The van der Waals surface area contributed by atoms with Crippen molar-refractivity contribution in [2.24, 2.45) is 5.92 Å². The lowest BCUT2D eigenvalue weighted by molar-refractivity contribution is -0.146. The molecule has 0 N–H and O–H groups in total. The molecule has 3 atom stereocenters. The first-order valence-corrected chi connectivity index (χ1v) is 9.53. The Labute approximate surface area is 169 Å². The number of thiol groups is 1. The van der Waals surface area contributed by atoms with Crippen LogP contribution in [0.2, 0.25) is 0 Å². The standard InChI is InChI=1S/C20H23N3O4S/c1-4-8-22(5-2)19(25)20(28)10-15(11-21)18(23(20)13(3)24)14-6-7-16-17(9-14)27-12-26-16/h4,6-7,9,15,18,28H,1,5,8,10,12H2,2-3H3. The molecule has 1 fully saturated rings. The zero-order chi connectivity index (χ0) is 20.5. The van der Waals surface area contributed by atoms with Gasteiger partial charge in [0.1, 0.15) is 0 Å². The smallest absolute Gasteiger partial charge is 0.259 e. The van der Waals surface area contributed by atoms with Gasteiger partial charge in [0.15, 0.2) is 16.4 Å². The average molecular weight is 401 g/mol. The van der Waals surface area contributed by atoms with Gasteiger partial charge in [-0.3, -0.25) is 9.59 Å². The fraction of sp³-hybridized carbons (Fsp3) is 0.450. The minimum absolute atomic E-state index is 0.129. The molecule has 1 aromatic carbocycles. The van der Waals surface area contributed by atoms with Crippen LogP contribution in [0.15, 0.2) is 30.9 Å². The molecule has 3 unspecified atom stereocenters. The van der Waals surface area contributed by atoms with E-state index >= 15 is 0 Å². The van der Waals surface area contributed by atoms with E-state index in [0.717, 1.165) is 0 Å². The first-order chi connectivity index (χ1) is 13.4. The van der Waals surface area contributed by atoms with Gasteiger partial charge in [0, 0.05) is 26.4 Å². The molecule has 1 aromatic rings. The molecule has 0 spiro atoms. The molecule has 7 nitrogen and oxygen atoms in total. The van der Waals surface area contributed by atoms with E-state index in [2.05, 4.69) is 25.3 Å². The number of rotatable bonds is 5. The zero-order valence-corrected chi connectivity index (χ0v) is 16.8. The quantitative estimate of drug-likeness (QED) is 0.606. The van der Waals surface area contributed by atoms with Crippen LogP contribution in [-0.2, 0) is 9.59 Å². The number of amides is 2. The lowest BCUT2D eigenvalue weighted by Crippen LogP contribution is -2.55. The molecule has 8 heteroatoms. The molecule has 0 aromatic heterocycles. The molecule has 2 amide bonds. The molecule has 2 heterocycles. The van der Waals surface area contributed by atoms with E-state index in [1.165, 1.54) is 11.8 Å². The molecule has 2 aliphatic heterocycles. The summed E-state index contributed by atoms with van der Waals surface area (Å²) in [5.74, 6) is -0.0491. The van der Waals surface area contributed by atoms with E-state index in [-0.39, 0.29) is 25.0 Å². The minimum atomic E-state index is -1.41. The number of fused-ring (bicyclic) bond motifs is 1. The second-order valence-electron chi connectivity index (χ2n) is 6.84. The molecule has 28 heavy (non-hydrogen) atoms. The molecular weight excluding hydrogens is 378 g/mol. The third kappa shape index (κ3) is 3.20. The first kappa shape index (κ1) is 20.1. The van der Waals surface area contributed by atoms with E-state index in [1.54, 1.807) is 29.2 Å². The van der Waals surface area contributed by atoms with Crippen molar-refractivity contribution in [2.75, 3.05) is 19.9 Å². The maximum Gasteiger partial charge on any atom is 0.259 e. The molecule has 0 bridgehead atoms. The van der Waals surface area contributed by atoms with Crippen LogP contribution in [-0.4, -0.2) is 46.4 Å². The van der Waals surface area contributed by atoms with Gasteiger partial charge in [-0.15, -0.1) is 19.2 Å². The van der Waals surface area contributed by atoms with Crippen molar-refractivity contribution in [2.45, 2.75) is 31.2 Å². The van der Waals surface area contributed by atoms with Crippen LogP contribution in [0.1, 0.15) is 31.9 Å². The third-order valence-electron chi connectivity index (χ3n) is 5.17. The second-order valence-corrected chi connectivity index (χ2v) is 7.58. The number of ether oxygens (including phenoxy) is 2. The third-order valence-corrected chi connectivity index (χ3v) is 5.76. The van der Waals surface area contributed by atoms with Gasteiger partial charge in [-0.25, -0.2) is 0 Å². The molecular formula is C20H23N3O4S. The number of hydrogen-bond donors (Lipinski definition) is 1. The highest BCUT2D eigenvalue weighted by molar-refractivity contribution is 7.82. The van der Waals surface area contributed by atoms with Gasteiger partial charge in [-0.05, 0) is 24.6 Å². The van der Waals surface area contributed by atoms with E-state index in [0.29, 0.717) is 30.2 Å². The number of nitriles is 1. The Kier molecular flexibility index (Phi) is 5.57. The van der Waals surface area contributed by atoms with Gasteiger partial charge in [-0.2, -0.15) is 5.26 Å². The maximum atomic E-state index is 13.3. The Morgan fingerprint density at radius 2 is 2.18 bits per heavy atom. The summed E-state index contributed by atoms with van der Waals surface area (Å²) in [4.78, 5) is 27.5. The Morgan fingerprint density at radius 1 is 1.46 bits per heavy atom. The summed E-state index contributed by atoms with van der Waals surface area (Å²) in [6, 6.07) is 6.96. The normalized spacial score (nSPS) is 25.3. The molecule has 148 valence electrons. The highest BCUT2D eigenvalue weighted by atomic mass is 32.1. The van der Waals surface area contributed by atoms with Crippen LogP contribution in [0.4, 0.5) is 0 Å². The van der Waals surface area contributed by atoms with Crippen molar-refractivity contribution in [1.29, 1.82) is 5.26 Å². The Bertz CT molecular complexity index is 852. The van der Waals surface area contributed by atoms with Crippen LogP contribution in [0.25, 0.3) is 0 Å².